The highest BCUT2D eigenvalue weighted by Crippen LogP contribution is 2.30. The first kappa shape index (κ1) is 23.7. The van der Waals surface area contributed by atoms with Gasteiger partial charge in [-0.3, -0.25) is 9.48 Å². The van der Waals surface area contributed by atoms with Crippen molar-refractivity contribution < 1.29 is 13.9 Å². The summed E-state index contributed by atoms with van der Waals surface area (Å²) in [4.78, 5) is 16.4. The Labute approximate surface area is 197 Å². The normalized spacial score (nSPS) is 18.1. The number of carbonyl (C=O) groups excluding carboxylic acids is 1. The Kier molecular flexibility index (Phi) is 7.13. The molecule has 0 unspecified atom stereocenters. The molecule has 2 atom stereocenters. The molecule has 1 saturated carbocycles. The van der Waals surface area contributed by atoms with Crippen molar-refractivity contribution in [1.29, 1.82) is 0 Å². The Hall–Kier alpha value is -3.44. The molecule has 0 aliphatic heterocycles. The Morgan fingerprint density at radius 2 is 2.03 bits per heavy atom. The highest BCUT2D eigenvalue weighted by Gasteiger charge is 2.24. The number of benzene rings is 1. The number of primary amides is 1. The van der Waals surface area contributed by atoms with Gasteiger partial charge in [-0.25, -0.2) is 9.37 Å². The molecule has 0 saturated heterocycles. The summed E-state index contributed by atoms with van der Waals surface area (Å²) in [5.74, 6) is -0.519. The molecule has 182 valence electrons. The van der Waals surface area contributed by atoms with Crippen molar-refractivity contribution in [2.24, 2.45) is 18.5 Å². The number of fused-ring (bicyclic) bond motifs is 1. The average Bonchev–Trinajstić information content (AvgIpc) is 3.12. The maximum absolute atomic E-state index is 14.8. The van der Waals surface area contributed by atoms with E-state index in [-0.39, 0.29) is 29.3 Å². The predicted molar refractivity (Wildman–Crippen MR) is 131 cm³/mol. The standard InChI is InChI=1S/C23H31FN8O2/c1-32-19-8-7-13(11-14(19)21(31-32)27-9-10-34-2)28-22-15(20(26)33)12-16(24)23(30-22)29-18-6-4-3-5-17(18)25/h7-8,11-12,17-18H,3-6,9-10,25H2,1-2H3,(H2,26,33)(H,27,31)(H2,28,29,30)/t17-,18+/m0/s1. The summed E-state index contributed by atoms with van der Waals surface area (Å²) < 4.78 is 21.7. The van der Waals surface area contributed by atoms with Crippen LogP contribution in [0.4, 0.5) is 27.5 Å². The van der Waals surface area contributed by atoms with Gasteiger partial charge in [0.2, 0.25) is 0 Å². The van der Waals surface area contributed by atoms with E-state index in [4.69, 9.17) is 16.2 Å². The minimum atomic E-state index is -0.779. The molecule has 1 aromatic carbocycles. The van der Waals surface area contributed by atoms with Gasteiger partial charge in [0.1, 0.15) is 5.82 Å². The van der Waals surface area contributed by atoms with Crippen LogP contribution < -0.4 is 27.4 Å². The second-order valence-electron chi connectivity index (χ2n) is 8.53. The number of pyridine rings is 1. The van der Waals surface area contributed by atoms with Crippen LogP contribution in [0.15, 0.2) is 24.3 Å². The smallest absolute Gasteiger partial charge is 0.252 e. The zero-order valence-electron chi connectivity index (χ0n) is 19.4. The van der Waals surface area contributed by atoms with Crippen LogP contribution in [-0.2, 0) is 11.8 Å². The van der Waals surface area contributed by atoms with Crippen molar-refractivity contribution in [2.75, 3.05) is 36.2 Å². The first-order valence-corrected chi connectivity index (χ1v) is 11.4. The number of ether oxygens (including phenoxy) is 1. The van der Waals surface area contributed by atoms with E-state index in [1.807, 2.05) is 25.2 Å². The number of nitrogens with two attached hydrogens (primary N) is 2. The number of aromatic nitrogens is 3. The molecule has 2 heterocycles. The van der Waals surface area contributed by atoms with E-state index in [0.29, 0.717) is 24.7 Å². The molecule has 10 nitrogen and oxygen atoms in total. The lowest BCUT2D eigenvalue weighted by molar-refractivity contribution is 0.100. The number of hydrogen-bond donors (Lipinski definition) is 5. The Bertz CT molecular complexity index is 1180. The Balaban J connectivity index is 1.65. The molecule has 7 N–H and O–H groups in total. The summed E-state index contributed by atoms with van der Waals surface area (Å²) in [6.07, 6.45) is 3.78. The average molecular weight is 471 g/mol. The molecule has 1 aliphatic carbocycles. The number of methoxy groups -OCH3 is 1. The van der Waals surface area contributed by atoms with E-state index in [9.17, 15) is 9.18 Å². The van der Waals surface area contributed by atoms with Crippen LogP contribution in [0.1, 0.15) is 36.0 Å². The summed E-state index contributed by atoms with van der Waals surface area (Å²) in [6.45, 7) is 1.14. The number of rotatable bonds is 9. The molecular formula is C23H31FN8O2. The molecule has 3 aromatic rings. The fourth-order valence-corrected chi connectivity index (χ4v) is 4.27. The summed E-state index contributed by atoms with van der Waals surface area (Å²) in [6, 6.07) is 6.56. The molecule has 2 aromatic heterocycles. The van der Waals surface area contributed by atoms with E-state index in [1.165, 1.54) is 0 Å². The topological polar surface area (TPSA) is 145 Å². The monoisotopic (exact) mass is 470 g/mol. The fraction of sp³-hybridized carbons (Fsp3) is 0.435. The van der Waals surface area contributed by atoms with Crippen LogP contribution in [-0.4, -0.2) is 53.0 Å². The number of nitrogens with one attached hydrogen (secondary N) is 3. The van der Waals surface area contributed by atoms with Crippen LogP contribution >= 0.6 is 0 Å². The second-order valence-corrected chi connectivity index (χ2v) is 8.53. The van der Waals surface area contributed by atoms with Gasteiger partial charge in [-0.1, -0.05) is 12.8 Å². The van der Waals surface area contributed by atoms with Gasteiger partial charge >= 0.3 is 0 Å². The van der Waals surface area contributed by atoms with Gasteiger partial charge in [0.25, 0.3) is 5.91 Å². The van der Waals surface area contributed by atoms with Crippen LogP contribution in [0.2, 0.25) is 0 Å². The first-order valence-electron chi connectivity index (χ1n) is 11.4. The number of halogens is 1. The van der Waals surface area contributed by atoms with Gasteiger partial charge in [-0.2, -0.15) is 5.10 Å². The third-order valence-corrected chi connectivity index (χ3v) is 6.09. The maximum Gasteiger partial charge on any atom is 0.252 e. The number of nitrogens with zero attached hydrogens (tertiary/aromatic N) is 3. The number of hydrogen-bond acceptors (Lipinski definition) is 8. The Morgan fingerprint density at radius 3 is 2.76 bits per heavy atom. The van der Waals surface area contributed by atoms with Crippen molar-refractivity contribution >= 4 is 40.0 Å². The number of amides is 1. The van der Waals surface area contributed by atoms with Crippen molar-refractivity contribution in [3.63, 3.8) is 0 Å². The number of aryl methyl sites for hydroxylation is 1. The second kappa shape index (κ2) is 10.2. The van der Waals surface area contributed by atoms with Crippen LogP contribution in [0.25, 0.3) is 10.9 Å². The summed E-state index contributed by atoms with van der Waals surface area (Å²) in [5, 5.41) is 14.9. The van der Waals surface area contributed by atoms with Crippen LogP contribution in [0.3, 0.4) is 0 Å². The van der Waals surface area contributed by atoms with Gasteiger partial charge in [0.05, 0.1) is 17.7 Å². The van der Waals surface area contributed by atoms with Crippen molar-refractivity contribution in [1.82, 2.24) is 14.8 Å². The van der Waals surface area contributed by atoms with Crippen molar-refractivity contribution in [3.05, 3.63) is 35.6 Å². The van der Waals surface area contributed by atoms with E-state index in [2.05, 4.69) is 26.0 Å². The lowest BCUT2D eigenvalue weighted by Gasteiger charge is -2.30. The van der Waals surface area contributed by atoms with Crippen LogP contribution in [0.5, 0.6) is 0 Å². The highest BCUT2D eigenvalue weighted by molar-refractivity contribution is 5.99. The molecule has 1 amide bonds. The first-order chi connectivity index (χ1) is 16.4. The Morgan fingerprint density at radius 1 is 1.24 bits per heavy atom. The molecule has 0 spiro atoms. The van der Waals surface area contributed by atoms with Gasteiger partial charge in [-0.05, 0) is 37.1 Å². The molecule has 0 bridgehead atoms. The van der Waals surface area contributed by atoms with Gasteiger partial charge in [0.15, 0.2) is 17.5 Å². The maximum atomic E-state index is 14.8. The minimum Gasteiger partial charge on any atom is -0.383 e. The van der Waals surface area contributed by atoms with Gasteiger partial charge in [0, 0.05) is 43.9 Å². The van der Waals surface area contributed by atoms with Gasteiger partial charge < -0.3 is 32.2 Å². The molecule has 0 radical (unpaired) electrons. The van der Waals surface area contributed by atoms with E-state index in [0.717, 1.165) is 42.7 Å². The molecule has 4 rings (SSSR count). The van der Waals surface area contributed by atoms with E-state index in [1.54, 1.807) is 11.8 Å². The molecule has 1 fully saturated rings. The molecule has 34 heavy (non-hydrogen) atoms. The number of carbonyl (C=O) groups is 1. The van der Waals surface area contributed by atoms with Crippen LogP contribution in [0, 0.1) is 5.82 Å². The molecule has 11 heteroatoms. The quantitative estimate of drug-likeness (QED) is 0.300. The number of anilines is 4. The third kappa shape index (κ3) is 5.05. The highest BCUT2D eigenvalue weighted by atomic mass is 19.1. The molecule has 1 aliphatic rings. The summed E-state index contributed by atoms with van der Waals surface area (Å²) >= 11 is 0. The summed E-state index contributed by atoms with van der Waals surface area (Å²) in [5.41, 5.74) is 13.3. The summed E-state index contributed by atoms with van der Waals surface area (Å²) in [7, 11) is 3.49. The lowest BCUT2D eigenvalue weighted by Crippen LogP contribution is -2.43. The lowest BCUT2D eigenvalue weighted by atomic mass is 9.91. The van der Waals surface area contributed by atoms with E-state index >= 15 is 0 Å². The third-order valence-electron chi connectivity index (χ3n) is 6.09. The predicted octanol–water partition coefficient (Wildman–Crippen LogP) is 2.69. The molecular weight excluding hydrogens is 439 g/mol. The van der Waals surface area contributed by atoms with Crippen molar-refractivity contribution in [2.45, 2.75) is 37.8 Å². The fourth-order valence-electron chi connectivity index (χ4n) is 4.27. The van der Waals surface area contributed by atoms with Crippen molar-refractivity contribution in [3.8, 4) is 0 Å². The zero-order chi connectivity index (χ0) is 24.2. The SMILES string of the molecule is COCCNc1nn(C)c2ccc(Nc3nc(N[C@@H]4CCCC[C@@H]4N)c(F)cc3C(N)=O)cc12. The minimum absolute atomic E-state index is 0.0410. The van der Waals surface area contributed by atoms with E-state index < -0.39 is 11.7 Å². The van der Waals surface area contributed by atoms with Gasteiger partial charge in [-0.15, -0.1) is 0 Å². The largest absolute Gasteiger partial charge is 0.383 e. The zero-order valence-corrected chi connectivity index (χ0v) is 19.4.